The molecule has 122 valence electrons. The molecule has 0 aliphatic rings. The Kier molecular flexibility index (Phi) is 14.2. The highest BCUT2D eigenvalue weighted by Crippen LogP contribution is 2.14. The van der Waals surface area contributed by atoms with Gasteiger partial charge >= 0.3 is 0 Å². The normalized spacial score (nSPS) is 13.9. The molecule has 0 nitrogen and oxygen atoms in total. The van der Waals surface area contributed by atoms with E-state index < -0.39 is 6.85 Å². The second-order valence-corrected chi connectivity index (χ2v) is 6.41. The van der Waals surface area contributed by atoms with Gasteiger partial charge in [-0.1, -0.05) is 129 Å². The molecule has 0 amide bonds. The fraction of sp³-hybridized carbons (Fsp3) is 1.00. The molecule has 0 heterocycles. The molecule has 0 atom stereocenters. The smallest absolute Gasteiger partial charge is 0.0230 e. The minimum atomic E-state index is -1.71. The van der Waals surface area contributed by atoms with Crippen LogP contribution in [-0.4, -0.2) is 0 Å². The van der Waals surface area contributed by atoms with Crippen LogP contribution in [0.5, 0.6) is 0 Å². The van der Waals surface area contributed by atoms with Gasteiger partial charge in [-0.25, -0.2) is 0 Å². The first kappa shape index (κ1) is 14.9. The van der Waals surface area contributed by atoms with Gasteiger partial charge in [-0.05, 0) is 0 Å². The molecule has 0 saturated heterocycles. The summed E-state index contributed by atoms with van der Waals surface area (Å²) in [5, 5.41) is 0. The van der Waals surface area contributed by atoms with Crippen LogP contribution in [0.3, 0.4) is 0 Å². The van der Waals surface area contributed by atoms with Gasteiger partial charge in [0.1, 0.15) is 0 Å². The lowest BCUT2D eigenvalue weighted by molar-refractivity contribution is 0.526. The molecule has 0 aromatic rings. The van der Waals surface area contributed by atoms with Crippen LogP contribution in [0.1, 0.15) is 133 Å². The van der Waals surface area contributed by atoms with E-state index in [2.05, 4.69) is 6.92 Å². The van der Waals surface area contributed by atoms with Gasteiger partial charge in [-0.15, -0.1) is 0 Å². The van der Waals surface area contributed by atoms with Crippen molar-refractivity contribution < 1.29 is 4.11 Å². The Bertz CT molecular complexity index is 223. The summed E-state index contributed by atoms with van der Waals surface area (Å²) in [6.07, 6.45) is 23.2. The third-order valence-electron chi connectivity index (χ3n) is 4.28. The topological polar surface area (TPSA) is 0 Å². The fourth-order valence-corrected chi connectivity index (χ4v) is 2.85. The highest BCUT2D eigenvalue weighted by atomic mass is 14.0. The monoisotopic (exact) mass is 285 g/mol. The van der Waals surface area contributed by atoms with Crippen molar-refractivity contribution in [2.45, 2.75) is 129 Å². The molecule has 20 heavy (non-hydrogen) atoms. The zero-order valence-electron chi connectivity index (χ0n) is 17.2. The first-order valence-electron chi connectivity index (χ1n) is 11.1. The molecule has 0 unspecified atom stereocenters. The summed E-state index contributed by atoms with van der Waals surface area (Å²) in [4.78, 5) is 0. The molecule has 0 saturated carbocycles. The zero-order chi connectivity index (χ0) is 17.2. The highest BCUT2D eigenvalue weighted by Gasteiger charge is 1.94. The zero-order valence-corrected chi connectivity index (χ0v) is 14.2. The Hall–Kier alpha value is 0. The van der Waals surface area contributed by atoms with E-state index in [9.17, 15) is 0 Å². The molecule has 0 aromatic heterocycles. The van der Waals surface area contributed by atoms with E-state index in [-0.39, 0.29) is 0 Å². The van der Waals surface area contributed by atoms with Gasteiger partial charge in [0.25, 0.3) is 0 Å². The molecule has 0 aromatic carbocycles. The summed E-state index contributed by atoms with van der Waals surface area (Å²) >= 11 is 0. The van der Waals surface area contributed by atoms with Gasteiger partial charge < -0.3 is 0 Å². The summed E-state index contributed by atoms with van der Waals surface area (Å²) in [6.45, 7) is 0.566. The minimum absolute atomic E-state index is 0.394. The van der Waals surface area contributed by atoms with E-state index in [4.69, 9.17) is 4.11 Å². The van der Waals surface area contributed by atoms with Crippen molar-refractivity contribution in [3.05, 3.63) is 0 Å². The summed E-state index contributed by atoms with van der Waals surface area (Å²) in [7, 11) is 0. The van der Waals surface area contributed by atoms with E-state index in [1.54, 1.807) is 0 Å². The Morgan fingerprint density at radius 1 is 0.400 bits per heavy atom. The van der Waals surface area contributed by atoms with E-state index >= 15 is 0 Å². The van der Waals surface area contributed by atoms with E-state index in [0.717, 1.165) is 12.8 Å². The van der Waals surface area contributed by atoms with E-state index in [1.807, 2.05) is 0 Å². The molecule has 0 N–H and O–H groups in total. The van der Waals surface area contributed by atoms with Crippen LogP contribution in [0.15, 0.2) is 0 Å². The largest absolute Gasteiger partial charge is 0.0654 e. The second-order valence-electron chi connectivity index (χ2n) is 6.41. The quantitative estimate of drug-likeness (QED) is 0.237. The van der Waals surface area contributed by atoms with Crippen LogP contribution in [0.25, 0.3) is 0 Å². The molecule has 0 bridgehead atoms. The maximum absolute atomic E-state index is 7.16. The molecule has 0 fully saturated rings. The number of unbranched alkanes of at least 4 members (excludes halogenated alkanes) is 16. The van der Waals surface area contributed by atoms with Gasteiger partial charge in [0, 0.05) is 4.11 Å². The van der Waals surface area contributed by atoms with Crippen LogP contribution in [0.2, 0.25) is 0 Å². The van der Waals surface area contributed by atoms with Crippen molar-refractivity contribution in [1.82, 2.24) is 0 Å². The molecule has 0 rings (SSSR count). The van der Waals surface area contributed by atoms with Crippen LogP contribution in [-0.2, 0) is 0 Å². The van der Waals surface area contributed by atoms with Crippen LogP contribution in [0, 0.1) is 0 Å². The minimum Gasteiger partial charge on any atom is -0.0654 e. The van der Waals surface area contributed by atoms with Crippen LogP contribution < -0.4 is 0 Å². The molecule has 0 radical (unpaired) electrons. The first-order valence-corrected chi connectivity index (χ1v) is 9.56. The number of hydrogen-bond donors (Lipinski definition) is 0. The van der Waals surface area contributed by atoms with Crippen LogP contribution >= 0.6 is 0 Å². The predicted molar refractivity (Wildman–Crippen MR) is 94.5 cm³/mol. The molecular formula is C20H42. The standard InChI is InChI=1S/C20H42/c1-3-5-7-9-11-13-15-17-19-20-18-16-14-12-10-8-6-4-2/h3-20H2,1-2H3/i1D3. The van der Waals surface area contributed by atoms with Gasteiger partial charge in [0.05, 0.1) is 0 Å². The van der Waals surface area contributed by atoms with Crippen molar-refractivity contribution in [1.29, 1.82) is 0 Å². The molecule has 0 aliphatic carbocycles. The van der Waals surface area contributed by atoms with Crippen LogP contribution in [0.4, 0.5) is 0 Å². The highest BCUT2D eigenvalue weighted by molar-refractivity contribution is 4.49. The number of hydrogen-bond acceptors (Lipinski definition) is 0. The Balaban J connectivity index is 3.00. The second kappa shape index (κ2) is 19.0. The molecule has 0 heteroatoms. The third kappa shape index (κ3) is 18.0. The molecule has 0 aliphatic heterocycles. The van der Waals surface area contributed by atoms with Gasteiger partial charge in [0.15, 0.2) is 0 Å². The van der Waals surface area contributed by atoms with Crippen molar-refractivity contribution in [2.75, 3.05) is 0 Å². The Labute approximate surface area is 134 Å². The maximum atomic E-state index is 7.16. The van der Waals surface area contributed by atoms with E-state index in [0.29, 0.717) is 6.42 Å². The Morgan fingerprint density at radius 2 is 0.650 bits per heavy atom. The lowest BCUT2D eigenvalue weighted by Crippen LogP contribution is -1.83. The van der Waals surface area contributed by atoms with Crippen molar-refractivity contribution >= 4 is 0 Å². The van der Waals surface area contributed by atoms with Gasteiger partial charge in [-0.3, -0.25) is 0 Å². The van der Waals surface area contributed by atoms with Crippen molar-refractivity contribution in [3.63, 3.8) is 0 Å². The lowest BCUT2D eigenvalue weighted by atomic mass is 10.0. The van der Waals surface area contributed by atoms with E-state index in [1.165, 1.54) is 96.3 Å². The van der Waals surface area contributed by atoms with Gasteiger partial charge in [0.2, 0.25) is 0 Å². The summed E-state index contributed by atoms with van der Waals surface area (Å²) in [6, 6.07) is 0. The van der Waals surface area contributed by atoms with Crippen molar-refractivity contribution in [3.8, 4) is 0 Å². The fourth-order valence-electron chi connectivity index (χ4n) is 2.85. The third-order valence-corrected chi connectivity index (χ3v) is 4.28. The average molecular weight is 286 g/mol. The molecule has 0 spiro atoms. The average Bonchev–Trinajstić information content (AvgIpc) is 2.49. The summed E-state index contributed by atoms with van der Waals surface area (Å²) in [5.41, 5.74) is 0. The summed E-state index contributed by atoms with van der Waals surface area (Å²) in [5.74, 6) is 0. The lowest BCUT2D eigenvalue weighted by Gasteiger charge is -2.03. The molecular weight excluding hydrogens is 240 g/mol. The maximum Gasteiger partial charge on any atom is 0.0230 e. The van der Waals surface area contributed by atoms with Gasteiger partial charge in [-0.2, -0.15) is 0 Å². The Morgan fingerprint density at radius 3 is 0.900 bits per heavy atom. The first-order chi connectivity index (χ1) is 11.1. The van der Waals surface area contributed by atoms with Crippen molar-refractivity contribution in [2.24, 2.45) is 0 Å². The predicted octanol–water partition coefficient (Wildman–Crippen LogP) is 8.05. The summed E-state index contributed by atoms with van der Waals surface area (Å²) < 4.78 is 21.5. The SMILES string of the molecule is [2H]C([2H])([2H])CCCCCCCCCCCCCCCCCCC. The number of rotatable bonds is 17.